The van der Waals surface area contributed by atoms with Crippen LogP contribution >= 0.6 is 15.9 Å². The zero-order chi connectivity index (χ0) is 20.9. The molecule has 0 fully saturated rings. The minimum absolute atomic E-state index is 0.112. The predicted octanol–water partition coefficient (Wildman–Crippen LogP) is 5.32. The monoisotopic (exact) mass is 464 g/mol. The molecule has 1 N–H and O–H groups in total. The second-order valence-electron chi connectivity index (χ2n) is 6.93. The molecule has 0 aliphatic carbocycles. The van der Waals surface area contributed by atoms with Gasteiger partial charge in [0.15, 0.2) is 0 Å². The molecule has 0 saturated heterocycles. The van der Waals surface area contributed by atoms with Crippen LogP contribution in [-0.4, -0.2) is 23.8 Å². The highest BCUT2D eigenvalue weighted by molar-refractivity contribution is 9.09. The lowest BCUT2D eigenvalue weighted by Crippen LogP contribution is -2.28. The van der Waals surface area contributed by atoms with E-state index in [0.29, 0.717) is 29.2 Å². The summed E-state index contributed by atoms with van der Waals surface area (Å²) in [6, 6.07) is 22.1. The summed E-state index contributed by atoms with van der Waals surface area (Å²) >= 11 is 3.38. The highest BCUT2D eigenvalue weighted by Gasteiger charge is 2.28. The summed E-state index contributed by atoms with van der Waals surface area (Å²) in [7, 11) is 0. The van der Waals surface area contributed by atoms with Gasteiger partial charge < -0.3 is 10.1 Å². The molecule has 0 atom stereocenters. The number of amides is 2. The van der Waals surface area contributed by atoms with Crippen LogP contribution < -0.4 is 15.0 Å². The maximum atomic E-state index is 13.4. The van der Waals surface area contributed by atoms with Crippen molar-refractivity contribution in [3.8, 4) is 5.75 Å². The van der Waals surface area contributed by atoms with Crippen molar-refractivity contribution in [3.63, 3.8) is 0 Å². The fourth-order valence-electron chi connectivity index (χ4n) is 3.42. The van der Waals surface area contributed by atoms with Crippen LogP contribution in [0.3, 0.4) is 0 Å². The topological polar surface area (TPSA) is 58.6 Å². The third kappa shape index (κ3) is 4.24. The number of fused-ring (bicyclic) bond motifs is 2. The van der Waals surface area contributed by atoms with Crippen LogP contribution in [-0.2, 0) is 11.2 Å². The number of ether oxygens (including phenoxy) is 1. The van der Waals surface area contributed by atoms with Crippen LogP contribution in [0.4, 0.5) is 17.1 Å². The zero-order valence-corrected chi connectivity index (χ0v) is 17.9. The maximum absolute atomic E-state index is 13.4. The second-order valence-corrected chi connectivity index (χ2v) is 7.72. The third-order valence-corrected chi connectivity index (χ3v) is 5.42. The van der Waals surface area contributed by atoms with Crippen molar-refractivity contribution in [1.29, 1.82) is 0 Å². The van der Waals surface area contributed by atoms with E-state index in [1.807, 2.05) is 48.5 Å². The third-order valence-electron chi connectivity index (χ3n) is 4.86. The van der Waals surface area contributed by atoms with E-state index >= 15 is 0 Å². The maximum Gasteiger partial charge on any atom is 0.257 e. The first-order valence-electron chi connectivity index (χ1n) is 9.77. The number of para-hydroxylation sites is 3. The molecule has 0 radical (unpaired) electrons. The summed E-state index contributed by atoms with van der Waals surface area (Å²) in [6.45, 7) is 0.645. The number of rotatable bonds is 6. The fraction of sp³-hybridized carbons (Fsp3) is 0.167. The number of benzene rings is 3. The van der Waals surface area contributed by atoms with Crippen molar-refractivity contribution in [1.82, 2.24) is 0 Å². The molecule has 0 saturated carbocycles. The predicted molar refractivity (Wildman–Crippen MR) is 122 cm³/mol. The van der Waals surface area contributed by atoms with Crippen molar-refractivity contribution in [2.24, 2.45) is 0 Å². The Balaban J connectivity index is 1.62. The van der Waals surface area contributed by atoms with Crippen LogP contribution in [0.15, 0.2) is 72.8 Å². The number of carbonyl (C=O) groups excluding carboxylic acids is 2. The largest absolute Gasteiger partial charge is 0.494 e. The summed E-state index contributed by atoms with van der Waals surface area (Å²) in [4.78, 5) is 27.7. The molecule has 3 aromatic rings. The average molecular weight is 465 g/mol. The number of hydrogen-bond donors (Lipinski definition) is 1. The molecular weight excluding hydrogens is 444 g/mol. The van der Waals surface area contributed by atoms with Gasteiger partial charge in [-0.05, 0) is 48.4 Å². The number of halogens is 1. The minimum Gasteiger partial charge on any atom is -0.494 e. The number of anilines is 3. The quantitative estimate of drug-likeness (QED) is 0.396. The van der Waals surface area contributed by atoms with Crippen molar-refractivity contribution in [2.75, 3.05) is 22.2 Å². The molecular formula is C24H21BrN2O3. The van der Waals surface area contributed by atoms with Gasteiger partial charge in [0.1, 0.15) is 5.75 Å². The van der Waals surface area contributed by atoms with Crippen LogP contribution in [0.25, 0.3) is 0 Å². The number of alkyl halides is 1. The van der Waals surface area contributed by atoms with E-state index in [9.17, 15) is 9.59 Å². The lowest BCUT2D eigenvalue weighted by Gasteiger charge is -2.24. The van der Waals surface area contributed by atoms with E-state index in [4.69, 9.17) is 4.74 Å². The Labute approximate surface area is 183 Å². The van der Waals surface area contributed by atoms with Gasteiger partial charge in [-0.15, -0.1) is 0 Å². The Morgan fingerprint density at radius 1 is 0.933 bits per heavy atom. The summed E-state index contributed by atoms with van der Waals surface area (Å²) in [6.07, 6.45) is 1.14. The molecule has 4 rings (SSSR count). The smallest absolute Gasteiger partial charge is 0.257 e. The first kappa shape index (κ1) is 20.2. The molecule has 2 amide bonds. The Morgan fingerprint density at radius 2 is 1.63 bits per heavy atom. The fourth-order valence-corrected chi connectivity index (χ4v) is 3.65. The van der Waals surface area contributed by atoms with Gasteiger partial charge in [0.05, 0.1) is 35.7 Å². The SMILES string of the molecule is O=C1Nc2ccccc2N(C(=O)Cc2ccc(OCCCBr)cc2)c2ccccc21. The van der Waals surface area contributed by atoms with Gasteiger partial charge in [-0.3, -0.25) is 14.5 Å². The van der Waals surface area contributed by atoms with Crippen LogP contribution in [0.1, 0.15) is 22.3 Å². The van der Waals surface area contributed by atoms with E-state index in [2.05, 4.69) is 21.2 Å². The Morgan fingerprint density at radius 3 is 2.40 bits per heavy atom. The molecule has 0 aromatic heterocycles. The van der Waals surface area contributed by atoms with Crippen LogP contribution in [0.5, 0.6) is 5.75 Å². The molecule has 0 unspecified atom stereocenters. The Hall–Kier alpha value is -3.12. The average Bonchev–Trinajstić information content (AvgIpc) is 2.89. The molecule has 0 bridgehead atoms. The Bertz CT molecular complexity index is 1070. The molecule has 1 aliphatic heterocycles. The van der Waals surface area contributed by atoms with E-state index in [1.165, 1.54) is 0 Å². The minimum atomic E-state index is -0.224. The van der Waals surface area contributed by atoms with Crippen LogP contribution in [0, 0.1) is 0 Å². The van der Waals surface area contributed by atoms with Crippen molar-refractivity contribution in [2.45, 2.75) is 12.8 Å². The number of nitrogens with one attached hydrogen (secondary N) is 1. The van der Waals surface area contributed by atoms with Crippen molar-refractivity contribution >= 4 is 44.8 Å². The van der Waals surface area contributed by atoms with Crippen LogP contribution in [0.2, 0.25) is 0 Å². The van der Waals surface area contributed by atoms with E-state index in [1.54, 1.807) is 29.2 Å². The summed E-state index contributed by atoms with van der Waals surface area (Å²) in [5, 5.41) is 3.80. The van der Waals surface area contributed by atoms with Gasteiger partial charge in [0.2, 0.25) is 5.91 Å². The van der Waals surface area contributed by atoms with Gasteiger partial charge in [-0.25, -0.2) is 0 Å². The first-order valence-corrected chi connectivity index (χ1v) is 10.9. The standard InChI is InChI=1S/C24H21BrN2O3/c25-14-5-15-30-18-12-10-17(11-13-18)16-23(28)27-21-8-3-1-6-19(21)24(29)26-20-7-2-4-9-22(20)27/h1-4,6-13H,5,14-16H2,(H,26,29). The zero-order valence-electron chi connectivity index (χ0n) is 16.3. The number of carbonyl (C=O) groups is 2. The molecule has 3 aromatic carbocycles. The summed E-state index contributed by atoms with van der Waals surface area (Å²) < 4.78 is 5.67. The van der Waals surface area contributed by atoms with Crippen molar-refractivity contribution in [3.05, 3.63) is 83.9 Å². The highest BCUT2D eigenvalue weighted by Crippen LogP contribution is 2.38. The first-order chi connectivity index (χ1) is 14.7. The normalized spacial score (nSPS) is 12.4. The van der Waals surface area contributed by atoms with E-state index in [0.717, 1.165) is 23.1 Å². The van der Waals surface area contributed by atoms with Crippen molar-refractivity contribution < 1.29 is 14.3 Å². The molecule has 1 aliphatic rings. The van der Waals surface area contributed by atoms with E-state index in [-0.39, 0.29) is 18.2 Å². The summed E-state index contributed by atoms with van der Waals surface area (Å²) in [5.74, 6) is 0.449. The van der Waals surface area contributed by atoms with Gasteiger partial charge >= 0.3 is 0 Å². The summed E-state index contributed by atoms with van der Waals surface area (Å²) in [5.41, 5.74) is 3.21. The van der Waals surface area contributed by atoms with Gasteiger partial charge in [0.25, 0.3) is 5.91 Å². The number of hydrogen-bond acceptors (Lipinski definition) is 3. The van der Waals surface area contributed by atoms with E-state index < -0.39 is 0 Å². The Kier molecular flexibility index (Phi) is 6.14. The molecule has 30 heavy (non-hydrogen) atoms. The van der Waals surface area contributed by atoms with Gasteiger partial charge in [-0.2, -0.15) is 0 Å². The molecule has 1 heterocycles. The molecule has 6 heteroatoms. The van der Waals surface area contributed by atoms with Gasteiger partial charge in [-0.1, -0.05) is 52.3 Å². The second kappa shape index (κ2) is 9.13. The molecule has 5 nitrogen and oxygen atoms in total. The molecule has 152 valence electrons. The lowest BCUT2D eigenvalue weighted by molar-refractivity contribution is -0.117. The van der Waals surface area contributed by atoms with Gasteiger partial charge in [0, 0.05) is 5.33 Å². The lowest BCUT2D eigenvalue weighted by atomic mass is 10.1. The number of nitrogens with zero attached hydrogens (tertiary/aromatic N) is 1. The molecule has 0 spiro atoms. The highest BCUT2D eigenvalue weighted by atomic mass is 79.9.